The predicted molar refractivity (Wildman–Crippen MR) is 72.8 cm³/mol. The molecule has 0 unspecified atom stereocenters. The monoisotopic (exact) mass is 264 g/mol. The zero-order chi connectivity index (χ0) is 14.0. The van der Waals surface area contributed by atoms with Gasteiger partial charge < -0.3 is 10.6 Å². The second-order valence-corrected chi connectivity index (χ2v) is 5.88. The van der Waals surface area contributed by atoms with E-state index in [1.807, 2.05) is 18.7 Å². The van der Waals surface area contributed by atoms with Gasteiger partial charge in [-0.15, -0.1) is 0 Å². The molecular weight excluding hydrogens is 243 g/mol. The summed E-state index contributed by atoms with van der Waals surface area (Å²) in [5.74, 6) is -0.169. The first-order valence-corrected chi connectivity index (χ1v) is 6.69. The molecule has 3 nitrogen and oxygen atoms in total. The Balaban J connectivity index is 2.13. The van der Waals surface area contributed by atoms with Gasteiger partial charge in [-0.1, -0.05) is 12.1 Å². The third-order valence-corrected chi connectivity index (χ3v) is 3.60. The summed E-state index contributed by atoms with van der Waals surface area (Å²) in [6.45, 7) is 4.61. The number of carbonyl (C=O) groups is 1. The fourth-order valence-electron chi connectivity index (χ4n) is 2.02. The van der Waals surface area contributed by atoms with Gasteiger partial charge in [0, 0.05) is 19.1 Å². The maximum absolute atomic E-state index is 12.9. The van der Waals surface area contributed by atoms with Gasteiger partial charge >= 0.3 is 0 Å². The second kappa shape index (κ2) is 5.29. The summed E-state index contributed by atoms with van der Waals surface area (Å²) in [6, 6.07) is 6.64. The van der Waals surface area contributed by atoms with Gasteiger partial charge in [0.25, 0.3) is 0 Å². The van der Waals surface area contributed by atoms with Gasteiger partial charge in [-0.05, 0) is 44.4 Å². The van der Waals surface area contributed by atoms with E-state index in [1.165, 1.54) is 12.1 Å². The lowest BCUT2D eigenvalue weighted by atomic mass is 9.91. The van der Waals surface area contributed by atoms with Crippen LogP contribution in [0.1, 0.15) is 32.3 Å². The molecule has 0 aliphatic heterocycles. The standard InChI is InChI=1S/C15H21FN2O/c1-15(2,10-17)14(19)18(13-7-8-13)9-11-3-5-12(16)6-4-11/h3-6,13H,7-10,17H2,1-2H3. The zero-order valence-electron chi connectivity index (χ0n) is 11.5. The molecule has 1 aliphatic carbocycles. The molecule has 0 heterocycles. The van der Waals surface area contributed by atoms with Gasteiger partial charge in [0.05, 0.1) is 5.41 Å². The lowest BCUT2D eigenvalue weighted by Gasteiger charge is -2.31. The van der Waals surface area contributed by atoms with Gasteiger partial charge in [-0.2, -0.15) is 0 Å². The Hall–Kier alpha value is -1.42. The summed E-state index contributed by atoms with van der Waals surface area (Å²) in [5.41, 5.74) is 6.10. The van der Waals surface area contributed by atoms with Crippen LogP contribution in [-0.2, 0) is 11.3 Å². The molecule has 0 atom stereocenters. The lowest BCUT2D eigenvalue weighted by Crippen LogP contribution is -2.45. The first kappa shape index (κ1) is 14.0. The molecule has 0 spiro atoms. The van der Waals surface area contributed by atoms with Crippen molar-refractivity contribution in [1.82, 2.24) is 4.90 Å². The highest BCUT2D eigenvalue weighted by molar-refractivity contribution is 5.82. The van der Waals surface area contributed by atoms with Gasteiger partial charge in [0.2, 0.25) is 5.91 Å². The smallest absolute Gasteiger partial charge is 0.230 e. The fraction of sp³-hybridized carbons (Fsp3) is 0.533. The molecule has 19 heavy (non-hydrogen) atoms. The Morgan fingerprint density at radius 1 is 1.37 bits per heavy atom. The topological polar surface area (TPSA) is 46.3 Å². The second-order valence-electron chi connectivity index (χ2n) is 5.88. The molecule has 0 aromatic heterocycles. The van der Waals surface area contributed by atoms with Crippen LogP contribution in [0, 0.1) is 11.2 Å². The molecule has 1 fully saturated rings. The summed E-state index contributed by atoms with van der Waals surface area (Å²) < 4.78 is 12.9. The molecule has 1 aliphatic rings. The molecule has 1 aromatic carbocycles. The number of carbonyl (C=O) groups excluding carboxylic acids is 1. The number of rotatable bonds is 5. The third kappa shape index (κ3) is 3.32. The van der Waals surface area contributed by atoms with Crippen LogP contribution in [0.5, 0.6) is 0 Å². The van der Waals surface area contributed by atoms with E-state index in [4.69, 9.17) is 5.73 Å². The van der Waals surface area contributed by atoms with E-state index in [0.717, 1.165) is 18.4 Å². The first-order valence-electron chi connectivity index (χ1n) is 6.69. The minimum Gasteiger partial charge on any atom is -0.335 e. The van der Waals surface area contributed by atoms with Crippen molar-refractivity contribution in [2.45, 2.75) is 39.3 Å². The van der Waals surface area contributed by atoms with Crippen molar-refractivity contribution in [2.75, 3.05) is 6.54 Å². The van der Waals surface area contributed by atoms with Crippen LogP contribution in [0.4, 0.5) is 4.39 Å². The van der Waals surface area contributed by atoms with E-state index < -0.39 is 5.41 Å². The van der Waals surface area contributed by atoms with Crippen molar-refractivity contribution in [2.24, 2.45) is 11.1 Å². The SMILES string of the molecule is CC(C)(CN)C(=O)N(Cc1ccc(F)cc1)C1CC1. The maximum Gasteiger partial charge on any atom is 0.230 e. The normalized spacial score (nSPS) is 15.4. The van der Waals surface area contributed by atoms with Crippen molar-refractivity contribution < 1.29 is 9.18 Å². The molecular formula is C15H21FN2O. The number of benzene rings is 1. The molecule has 1 amide bonds. The maximum atomic E-state index is 12.9. The van der Waals surface area contributed by atoms with E-state index in [9.17, 15) is 9.18 Å². The Bertz CT molecular complexity index is 452. The van der Waals surface area contributed by atoms with Gasteiger partial charge in [-0.3, -0.25) is 4.79 Å². The lowest BCUT2D eigenvalue weighted by molar-refractivity contribution is -0.141. The molecule has 0 bridgehead atoms. The number of hydrogen-bond acceptors (Lipinski definition) is 2. The highest BCUT2D eigenvalue weighted by atomic mass is 19.1. The van der Waals surface area contributed by atoms with Crippen molar-refractivity contribution in [3.8, 4) is 0 Å². The van der Waals surface area contributed by atoms with E-state index >= 15 is 0 Å². The van der Waals surface area contributed by atoms with E-state index in [1.54, 1.807) is 12.1 Å². The summed E-state index contributed by atoms with van der Waals surface area (Å²) in [7, 11) is 0. The first-order chi connectivity index (χ1) is 8.94. The van der Waals surface area contributed by atoms with Gasteiger partial charge in [0.15, 0.2) is 0 Å². The highest BCUT2D eigenvalue weighted by Crippen LogP contribution is 2.32. The van der Waals surface area contributed by atoms with Crippen LogP contribution in [-0.4, -0.2) is 23.4 Å². The Morgan fingerprint density at radius 3 is 2.42 bits per heavy atom. The van der Waals surface area contributed by atoms with Crippen LogP contribution < -0.4 is 5.73 Å². The Labute approximate surface area is 113 Å². The van der Waals surface area contributed by atoms with E-state index in [0.29, 0.717) is 19.1 Å². The summed E-state index contributed by atoms with van der Waals surface area (Å²) >= 11 is 0. The Morgan fingerprint density at radius 2 is 1.95 bits per heavy atom. The van der Waals surface area contributed by atoms with Crippen molar-refractivity contribution in [1.29, 1.82) is 0 Å². The number of halogens is 1. The summed E-state index contributed by atoms with van der Waals surface area (Å²) in [4.78, 5) is 14.4. The van der Waals surface area contributed by atoms with Crippen molar-refractivity contribution in [3.63, 3.8) is 0 Å². The Kier molecular flexibility index (Phi) is 3.90. The van der Waals surface area contributed by atoms with E-state index in [-0.39, 0.29) is 11.7 Å². The molecule has 1 aromatic rings. The molecule has 0 radical (unpaired) electrons. The molecule has 2 rings (SSSR count). The van der Waals surface area contributed by atoms with Crippen LogP contribution >= 0.6 is 0 Å². The number of nitrogens with two attached hydrogens (primary N) is 1. The number of nitrogens with zero attached hydrogens (tertiary/aromatic N) is 1. The van der Waals surface area contributed by atoms with Gasteiger partial charge in [-0.25, -0.2) is 4.39 Å². The third-order valence-electron chi connectivity index (χ3n) is 3.60. The number of hydrogen-bond donors (Lipinski definition) is 1. The molecule has 4 heteroatoms. The molecule has 0 saturated heterocycles. The van der Waals surface area contributed by atoms with Gasteiger partial charge in [0.1, 0.15) is 5.82 Å². The van der Waals surface area contributed by atoms with Crippen LogP contribution in [0.15, 0.2) is 24.3 Å². The van der Waals surface area contributed by atoms with Crippen LogP contribution in [0.3, 0.4) is 0 Å². The molecule has 2 N–H and O–H groups in total. The van der Waals surface area contributed by atoms with Crippen molar-refractivity contribution in [3.05, 3.63) is 35.6 Å². The molecule has 1 saturated carbocycles. The largest absolute Gasteiger partial charge is 0.335 e. The van der Waals surface area contributed by atoms with E-state index in [2.05, 4.69) is 0 Å². The summed E-state index contributed by atoms with van der Waals surface area (Å²) in [6.07, 6.45) is 2.10. The fourth-order valence-corrected chi connectivity index (χ4v) is 2.02. The van der Waals surface area contributed by atoms with Crippen LogP contribution in [0.25, 0.3) is 0 Å². The minimum absolute atomic E-state index is 0.0850. The quantitative estimate of drug-likeness (QED) is 0.887. The highest BCUT2D eigenvalue weighted by Gasteiger charge is 2.38. The molecule has 104 valence electrons. The summed E-state index contributed by atoms with van der Waals surface area (Å²) in [5, 5.41) is 0. The van der Waals surface area contributed by atoms with Crippen molar-refractivity contribution >= 4 is 5.91 Å². The zero-order valence-corrected chi connectivity index (χ0v) is 11.5. The number of amides is 1. The minimum atomic E-state index is -0.539. The predicted octanol–water partition coefficient (Wildman–Crippen LogP) is 2.30. The van der Waals surface area contributed by atoms with Crippen LogP contribution in [0.2, 0.25) is 0 Å². The average Bonchev–Trinajstić information content (AvgIpc) is 3.21. The average molecular weight is 264 g/mol.